The quantitative estimate of drug-likeness (QED) is 0.783. The Kier molecular flexibility index (Phi) is 6.34. The predicted octanol–water partition coefficient (Wildman–Crippen LogP) is 3.56. The molecule has 128 valence electrons. The van der Waals surface area contributed by atoms with Crippen LogP contribution in [0.1, 0.15) is 31.7 Å². The Hall–Kier alpha value is -1.92. The SMILES string of the molecule is Cc1cc(C)nc(Sc2ccc(NC(=O)[C@@H](N)CC(C)C)cc2)n1. The summed E-state index contributed by atoms with van der Waals surface area (Å²) >= 11 is 1.50. The molecule has 24 heavy (non-hydrogen) atoms. The largest absolute Gasteiger partial charge is 0.325 e. The Morgan fingerprint density at radius 1 is 1.17 bits per heavy atom. The average Bonchev–Trinajstić information content (AvgIpc) is 2.47. The summed E-state index contributed by atoms with van der Waals surface area (Å²) in [4.78, 5) is 21.9. The lowest BCUT2D eigenvalue weighted by Crippen LogP contribution is -2.36. The van der Waals surface area contributed by atoms with E-state index in [-0.39, 0.29) is 5.91 Å². The molecule has 2 aromatic rings. The molecule has 0 saturated heterocycles. The number of carbonyl (C=O) groups is 1. The maximum Gasteiger partial charge on any atom is 0.241 e. The van der Waals surface area contributed by atoms with E-state index in [2.05, 4.69) is 15.3 Å². The maximum absolute atomic E-state index is 12.0. The predicted molar refractivity (Wildman–Crippen MR) is 98.1 cm³/mol. The Bertz CT molecular complexity index is 680. The van der Waals surface area contributed by atoms with Gasteiger partial charge in [-0.2, -0.15) is 0 Å². The number of aryl methyl sites for hydroxylation is 2. The molecule has 1 amide bonds. The van der Waals surface area contributed by atoms with Crippen molar-refractivity contribution in [2.75, 3.05) is 5.32 Å². The van der Waals surface area contributed by atoms with Crippen molar-refractivity contribution in [1.29, 1.82) is 0 Å². The molecular formula is C18H24N4OS. The molecule has 1 aromatic carbocycles. The van der Waals surface area contributed by atoms with Crippen LogP contribution in [0.15, 0.2) is 40.4 Å². The molecule has 3 N–H and O–H groups in total. The van der Waals surface area contributed by atoms with Crippen LogP contribution in [0.25, 0.3) is 0 Å². The number of amides is 1. The van der Waals surface area contributed by atoms with Gasteiger partial charge in [-0.25, -0.2) is 9.97 Å². The summed E-state index contributed by atoms with van der Waals surface area (Å²) < 4.78 is 0. The lowest BCUT2D eigenvalue weighted by atomic mass is 10.0. The van der Waals surface area contributed by atoms with Crippen molar-refractivity contribution in [2.24, 2.45) is 11.7 Å². The van der Waals surface area contributed by atoms with Crippen molar-refractivity contribution in [3.63, 3.8) is 0 Å². The van der Waals surface area contributed by atoms with Crippen LogP contribution in [0.3, 0.4) is 0 Å². The Morgan fingerprint density at radius 3 is 2.29 bits per heavy atom. The Balaban J connectivity index is 1.99. The highest BCUT2D eigenvalue weighted by molar-refractivity contribution is 7.99. The number of nitrogens with one attached hydrogen (secondary N) is 1. The van der Waals surface area contributed by atoms with Crippen LogP contribution in [0.2, 0.25) is 0 Å². The molecule has 6 heteroatoms. The van der Waals surface area contributed by atoms with E-state index in [1.54, 1.807) is 0 Å². The number of carbonyl (C=O) groups excluding carboxylic acids is 1. The molecule has 2 rings (SSSR count). The minimum Gasteiger partial charge on any atom is -0.325 e. The van der Waals surface area contributed by atoms with Crippen molar-refractivity contribution >= 4 is 23.4 Å². The number of nitrogens with zero attached hydrogens (tertiary/aromatic N) is 2. The minimum atomic E-state index is -0.484. The van der Waals surface area contributed by atoms with Gasteiger partial charge in [-0.1, -0.05) is 13.8 Å². The first kappa shape index (κ1) is 18.4. The fourth-order valence-corrected chi connectivity index (χ4v) is 3.16. The topological polar surface area (TPSA) is 80.9 Å². The monoisotopic (exact) mass is 344 g/mol. The number of hydrogen-bond acceptors (Lipinski definition) is 5. The molecule has 1 heterocycles. The fourth-order valence-electron chi connectivity index (χ4n) is 2.30. The van der Waals surface area contributed by atoms with Crippen LogP contribution in [0.5, 0.6) is 0 Å². The third-order valence-corrected chi connectivity index (χ3v) is 4.23. The molecule has 0 aliphatic carbocycles. The van der Waals surface area contributed by atoms with Gasteiger partial charge < -0.3 is 11.1 Å². The highest BCUT2D eigenvalue weighted by atomic mass is 32.2. The first-order valence-electron chi connectivity index (χ1n) is 8.00. The molecule has 1 atom stereocenters. The van der Waals surface area contributed by atoms with Gasteiger partial charge in [0, 0.05) is 22.0 Å². The van der Waals surface area contributed by atoms with E-state index in [1.165, 1.54) is 11.8 Å². The van der Waals surface area contributed by atoms with Crippen LogP contribution in [0.4, 0.5) is 5.69 Å². The smallest absolute Gasteiger partial charge is 0.241 e. The van der Waals surface area contributed by atoms with Crippen LogP contribution < -0.4 is 11.1 Å². The summed E-state index contributed by atoms with van der Waals surface area (Å²) in [6.07, 6.45) is 0.670. The van der Waals surface area contributed by atoms with E-state index in [0.717, 1.165) is 27.1 Å². The average molecular weight is 344 g/mol. The molecule has 0 fully saturated rings. The molecule has 0 aliphatic rings. The van der Waals surface area contributed by atoms with Crippen molar-refractivity contribution in [3.05, 3.63) is 41.7 Å². The molecule has 0 unspecified atom stereocenters. The molecule has 0 saturated carbocycles. The normalized spacial score (nSPS) is 12.2. The number of rotatable bonds is 6. The van der Waals surface area contributed by atoms with Gasteiger partial charge in [-0.15, -0.1) is 0 Å². The van der Waals surface area contributed by atoms with E-state index < -0.39 is 6.04 Å². The standard InChI is InChI=1S/C18H24N4OS/c1-11(2)9-16(19)17(23)22-14-5-7-15(8-6-14)24-18-20-12(3)10-13(4)21-18/h5-8,10-11,16H,9,19H2,1-4H3,(H,22,23)/t16-/m0/s1. The van der Waals surface area contributed by atoms with E-state index in [0.29, 0.717) is 12.3 Å². The van der Waals surface area contributed by atoms with Gasteiger partial charge in [0.15, 0.2) is 5.16 Å². The van der Waals surface area contributed by atoms with Crippen molar-refractivity contribution in [2.45, 2.75) is 50.2 Å². The third kappa shape index (κ3) is 5.62. The van der Waals surface area contributed by atoms with Gasteiger partial charge in [0.25, 0.3) is 0 Å². The number of hydrogen-bond donors (Lipinski definition) is 2. The van der Waals surface area contributed by atoms with Crippen molar-refractivity contribution in [1.82, 2.24) is 9.97 Å². The van der Waals surface area contributed by atoms with Gasteiger partial charge in [0.1, 0.15) is 0 Å². The lowest BCUT2D eigenvalue weighted by Gasteiger charge is -2.14. The zero-order valence-corrected chi connectivity index (χ0v) is 15.4. The van der Waals surface area contributed by atoms with Crippen molar-refractivity contribution in [3.8, 4) is 0 Å². The molecule has 0 aliphatic heterocycles. The van der Waals surface area contributed by atoms with Crippen LogP contribution in [-0.2, 0) is 4.79 Å². The molecule has 1 aromatic heterocycles. The van der Waals surface area contributed by atoms with E-state index >= 15 is 0 Å². The molecule has 0 radical (unpaired) electrons. The zero-order valence-electron chi connectivity index (χ0n) is 14.5. The molecule has 0 bridgehead atoms. The summed E-state index contributed by atoms with van der Waals surface area (Å²) in [6, 6.07) is 9.08. The number of aromatic nitrogens is 2. The van der Waals surface area contributed by atoms with Gasteiger partial charge >= 0.3 is 0 Å². The second kappa shape index (κ2) is 8.26. The molecule has 5 nitrogen and oxygen atoms in total. The number of anilines is 1. The van der Waals surface area contributed by atoms with E-state index in [4.69, 9.17) is 5.73 Å². The third-order valence-electron chi connectivity index (χ3n) is 3.35. The Labute approximate surface area is 147 Å². The first-order valence-corrected chi connectivity index (χ1v) is 8.82. The van der Waals surface area contributed by atoms with E-state index in [9.17, 15) is 4.79 Å². The number of benzene rings is 1. The Morgan fingerprint density at radius 2 is 1.75 bits per heavy atom. The van der Waals surface area contributed by atoms with Crippen LogP contribution >= 0.6 is 11.8 Å². The summed E-state index contributed by atoms with van der Waals surface area (Å²) in [5.41, 5.74) is 8.54. The van der Waals surface area contributed by atoms with Crippen LogP contribution in [0, 0.1) is 19.8 Å². The van der Waals surface area contributed by atoms with Crippen molar-refractivity contribution < 1.29 is 4.79 Å². The lowest BCUT2D eigenvalue weighted by molar-refractivity contribution is -0.117. The number of nitrogens with two attached hydrogens (primary N) is 1. The fraction of sp³-hybridized carbons (Fsp3) is 0.389. The molecule has 0 spiro atoms. The summed E-state index contributed by atoms with van der Waals surface area (Å²) in [5.74, 6) is 0.240. The van der Waals surface area contributed by atoms with Gasteiger partial charge in [0.05, 0.1) is 6.04 Å². The first-order chi connectivity index (χ1) is 11.3. The minimum absolute atomic E-state index is 0.151. The summed E-state index contributed by atoms with van der Waals surface area (Å²) in [6.45, 7) is 8.01. The highest BCUT2D eigenvalue weighted by Gasteiger charge is 2.15. The highest BCUT2D eigenvalue weighted by Crippen LogP contribution is 2.26. The van der Waals surface area contributed by atoms with E-state index in [1.807, 2.05) is 58.0 Å². The maximum atomic E-state index is 12.0. The van der Waals surface area contributed by atoms with Gasteiger partial charge in [0.2, 0.25) is 5.91 Å². The summed E-state index contributed by atoms with van der Waals surface area (Å²) in [5, 5.41) is 3.58. The summed E-state index contributed by atoms with van der Waals surface area (Å²) in [7, 11) is 0. The van der Waals surface area contributed by atoms with Crippen LogP contribution in [-0.4, -0.2) is 21.9 Å². The van der Waals surface area contributed by atoms with Gasteiger partial charge in [-0.05, 0) is 68.3 Å². The second-order valence-corrected chi connectivity index (χ2v) is 7.33. The van der Waals surface area contributed by atoms with Gasteiger partial charge in [-0.3, -0.25) is 4.79 Å². The second-order valence-electron chi connectivity index (χ2n) is 6.29. The zero-order chi connectivity index (χ0) is 17.7. The molecular weight excluding hydrogens is 320 g/mol.